The third kappa shape index (κ3) is 3.05. The Bertz CT molecular complexity index is 1140. The minimum absolute atomic E-state index is 0.0549. The van der Waals surface area contributed by atoms with E-state index in [4.69, 9.17) is 16.0 Å². The maximum atomic E-state index is 13.2. The van der Waals surface area contributed by atoms with Crippen molar-refractivity contribution in [2.45, 2.75) is 19.8 Å². The van der Waals surface area contributed by atoms with Gasteiger partial charge in [0, 0.05) is 18.3 Å². The number of ether oxygens (including phenoxy) is 2. The fourth-order valence-electron chi connectivity index (χ4n) is 2.90. The molecule has 0 unspecified atom stereocenters. The second-order valence-corrected chi connectivity index (χ2v) is 6.21. The first kappa shape index (κ1) is 18.2. The quantitative estimate of drug-likeness (QED) is 0.656. The van der Waals surface area contributed by atoms with Gasteiger partial charge in [0.1, 0.15) is 6.54 Å². The number of aromatic nitrogens is 2. The van der Waals surface area contributed by atoms with Crippen LogP contribution in [0.3, 0.4) is 0 Å². The standard InChI is InChI=1S/C17H12ClF2N3O5/c1-2-22(9-3-4-11-12(7-9)28-17(19,20)27-11)13(24)8-23-16(25)10-5-6-26-14(10)15(18)21-23/h3-7H,2,8H2,1H3. The predicted molar refractivity (Wildman–Crippen MR) is 94.0 cm³/mol. The minimum Gasteiger partial charge on any atom is -0.461 e. The van der Waals surface area contributed by atoms with Crippen molar-refractivity contribution in [2.24, 2.45) is 0 Å². The van der Waals surface area contributed by atoms with Crippen LogP contribution in [0.15, 0.2) is 39.7 Å². The van der Waals surface area contributed by atoms with Crippen molar-refractivity contribution in [1.29, 1.82) is 0 Å². The van der Waals surface area contributed by atoms with Crippen molar-refractivity contribution in [3.63, 3.8) is 0 Å². The molecule has 28 heavy (non-hydrogen) atoms. The summed E-state index contributed by atoms with van der Waals surface area (Å²) >= 11 is 5.99. The number of furan rings is 1. The second kappa shape index (κ2) is 6.48. The van der Waals surface area contributed by atoms with E-state index in [1.54, 1.807) is 6.92 Å². The lowest BCUT2D eigenvalue weighted by atomic mass is 10.2. The van der Waals surface area contributed by atoms with Crippen molar-refractivity contribution >= 4 is 34.2 Å². The minimum atomic E-state index is -3.75. The number of halogens is 3. The van der Waals surface area contributed by atoms with E-state index in [-0.39, 0.29) is 34.2 Å². The first-order valence-electron chi connectivity index (χ1n) is 8.13. The number of nitrogens with zero attached hydrogens (tertiary/aromatic N) is 3. The third-order valence-corrected chi connectivity index (χ3v) is 4.37. The Labute approximate surface area is 160 Å². The van der Waals surface area contributed by atoms with E-state index >= 15 is 0 Å². The molecule has 1 aliphatic rings. The van der Waals surface area contributed by atoms with Gasteiger partial charge >= 0.3 is 6.29 Å². The first-order valence-corrected chi connectivity index (χ1v) is 8.51. The molecule has 8 nitrogen and oxygen atoms in total. The maximum absolute atomic E-state index is 13.2. The normalized spacial score (nSPS) is 14.4. The highest BCUT2D eigenvalue weighted by molar-refractivity contribution is 6.33. The molecule has 0 radical (unpaired) electrons. The van der Waals surface area contributed by atoms with E-state index in [0.717, 1.165) is 4.68 Å². The molecule has 146 valence electrons. The van der Waals surface area contributed by atoms with Gasteiger partial charge in [-0.05, 0) is 25.1 Å². The van der Waals surface area contributed by atoms with Crippen LogP contribution in [-0.2, 0) is 11.3 Å². The molecule has 1 aromatic carbocycles. The Balaban J connectivity index is 1.63. The highest BCUT2D eigenvalue weighted by Gasteiger charge is 2.43. The maximum Gasteiger partial charge on any atom is 0.586 e. The topological polar surface area (TPSA) is 86.8 Å². The highest BCUT2D eigenvalue weighted by atomic mass is 35.5. The summed E-state index contributed by atoms with van der Waals surface area (Å²) in [6.07, 6.45) is -2.46. The smallest absolute Gasteiger partial charge is 0.461 e. The Kier molecular flexibility index (Phi) is 4.22. The van der Waals surface area contributed by atoms with Crippen LogP contribution in [0.5, 0.6) is 11.5 Å². The summed E-state index contributed by atoms with van der Waals surface area (Å²) in [6.45, 7) is 1.50. The third-order valence-electron chi connectivity index (χ3n) is 4.12. The second-order valence-electron chi connectivity index (χ2n) is 5.85. The van der Waals surface area contributed by atoms with Crippen LogP contribution < -0.4 is 19.9 Å². The predicted octanol–water partition coefficient (Wildman–Crippen LogP) is 3.02. The van der Waals surface area contributed by atoms with Crippen LogP contribution in [0.4, 0.5) is 14.5 Å². The lowest BCUT2D eigenvalue weighted by Gasteiger charge is -2.21. The highest BCUT2D eigenvalue weighted by Crippen LogP contribution is 2.42. The van der Waals surface area contributed by atoms with Gasteiger partial charge in [0.15, 0.2) is 22.2 Å². The van der Waals surface area contributed by atoms with E-state index in [2.05, 4.69) is 14.6 Å². The summed E-state index contributed by atoms with van der Waals surface area (Å²) in [6, 6.07) is 5.41. The zero-order valence-corrected chi connectivity index (χ0v) is 15.1. The number of likely N-dealkylation sites (N-methyl/N-ethyl adjacent to an activating group) is 1. The molecule has 11 heteroatoms. The van der Waals surface area contributed by atoms with E-state index < -0.39 is 24.3 Å². The molecule has 1 aliphatic heterocycles. The molecule has 0 saturated carbocycles. The van der Waals surface area contributed by atoms with E-state index in [0.29, 0.717) is 5.69 Å². The van der Waals surface area contributed by atoms with Gasteiger partial charge in [0.05, 0.1) is 11.6 Å². The first-order chi connectivity index (χ1) is 13.3. The summed E-state index contributed by atoms with van der Waals surface area (Å²) < 4.78 is 41.2. The Hall–Kier alpha value is -3.14. The summed E-state index contributed by atoms with van der Waals surface area (Å²) in [5.41, 5.74) is -0.0987. The molecule has 4 rings (SSSR count). The molecule has 1 amide bonds. The molecule has 0 spiro atoms. The van der Waals surface area contributed by atoms with Gasteiger partial charge in [-0.2, -0.15) is 5.10 Å². The van der Waals surface area contributed by atoms with Gasteiger partial charge in [-0.15, -0.1) is 8.78 Å². The summed E-state index contributed by atoms with van der Waals surface area (Å²) in [5.74, 6) is -0.819. The van der Waals surface area contributed by atoms with Crippen LogP contribution >= 0.6 is 11.6 Å². The zero-order valence-electron chi connectivity index (χ0n) is 14.3. The fourth-order valence-corrected chi connectivity index (χ4v) is 3.14. The molecule has 0 atom stereocenters. The number of anilines is 1. The van der Waals surface area contributed by atoms with Gasteiger partial charge in [0.25, 0.3) is 5.56 Å². The number of hydrogen-bond donors (Lipinski definition) is 0. The Morgan fingerprint density at radius 1 is 1.29 bits per heavy atom. The molecule has 3 heterocycles. The number of hydrogen-bond acceptors (Lipinski definition) is 6. The van der Waals surface area contributed by atoms with Crippen molar-refractivity contribution in [2.75, 3.05) is 11.4 Å². The SMILES string of the molecule is CCN(C(=O)Cn1nc(Cl)c2occc2c1=O)c1ccc2c(c1)OC(F)(F)O2. The molecular formula is C17H12ClF2N3O5. The average Bonchev–Trinajstić information content (AvgIpc) is 3.23. The van der Waals surface area contributed by atoms with Crippen LogP contribution in [0.25, 0.3) is 11.0 Å². The Morgan fingerprint density at radius 3 is 2.79 bits per heavy atom. The van der Waals surface area contributed by atoms with Gasteiger partial charge in [-0.25, -0.2) is 4.68 Å². The summed E-state index contributed by atoms with van der Waals surface area (Å²) in [7, 11) is 0. The number of fused-ring (bicyclic) bond motifs is 2. The lowest BCUT2D eigenvalue weighted by molar-refractivity contribution is -0.286. The number of carbonyl (C=O) groups is 1. The summed E-state index contributed by atoms with van der Waals surface area (Å²) in [5, 5.41) is 4.03. The number of benzene rings is 1. The van der Waals surface area contributed by atoms with Crippen molar-refractivity contribution < 1.29 is 27.5 Å². The number of amides is 1. The fraction of sp³-hybridized carbons (Fsp3) is 0.235. The molecule has 0 N–H and O–H groups in total. The summed E-state index contributed by atoms with van der Waals surface area (Å²) in [4.78, 5) is 26.5. The Morgan fingerprint density at radius 2 is 2.04 bits per heavy atom. The number of carbonyl (C=O) groups excluding carboxylic acids is 1. The van der Waals surface area contributed by atoms with Gasteiger partial charge < -0.3 is 18.8 Å². The number of alkyl halides is 2. The zero-order chi connectivity index (χ0) is 20.1. The monoisotopic (exact) mass is 411 g/mol. The average molecular weight is 412 g/mol. The molecular weight excluding hydrogens is 400 g/mol. The van der Waals surface area contributed by atoms with E-state index in [1.165, 1.54) is 35.4 Å². The van der Waals surface area contributed by atoms with Gasteiger partial charge in [-0.1, -0.05) is 11.6 Å². The molecule has 0 fully saturated rings. The van der Waals surface area contributed by atoms with E-state index in [9.17, 15) is 18.4 Å². The van der Waals surface area contributed by atoms with Crippen LogP contribution in [-0.4, -0.2) is 28.5 Å². The molecule has 0 bridgehead atoms. The van der Waals surface area contributed by atoms with Gasteiger partial charge in [-0.3, -0.25) is 9.59 Å². The number of rotatable bonds is 4. The van der Waals surface area contributed by atoms with Crippen molar-refractivity contribution in [1.82, 2.24) is 9.78 Å². The largest absolute Gasteiger partial charge is 0.586 e. The molecule has 3 aromatic rings. The molecule has 0 aliphatic carbocycles. The van der Waals surface area contributed by atoms with Crippen LogP contribution in [0, 0.1) is 0 Å². The van der Waals surface area contributed by atoms with Crippen LogP contribution in [0.1, 0.15) is 6.92 Å². The van der Waals surface area contributed by atoms with E-state index in [1.807, 2.05) is 0 Å². The van der Waals surface area contributed by atoms with Crippen LogP contribution in [0.2, 0.25) is 5.15 Å². The lowest BCUT2D eigenvalue weighted by Crippen LogP contribution is -2.37. The molecule has 2 aromatic heterocycles. The molecule has 0 saturated heterocycles. The van der Waals surface area contributed by atoms with Crippen molar-refractivity contribution in [3.8, 4) is 11.5 Å². The van der Waals surface area contributed by atoms with Gasteiger partial charge in [0.2, 0.25) is 5.91 Å². The van der Waals surface area contributed by atoms with Crippen molar-refractivity contribution in [3.05, 3.63) is 46.0 Å².